The number of nitrogens with zero attached hydrogens (tertiary/aromatic N) is 2. The number of benzene rings is 2. The summed E-state index contributed by atoms with van der Waals surface area (Å²) in [6.45, 7) is 0.221. The molecule has 2 aromatic carbocycles. The van der Waals surface area contributed by atoms with Gasteiger partial charge in [0.25, 0.3) is 0 Å². The Labute approximate surface area is 210 Å². The van der Waals surface area contributed by atoms with Crippen molar-refractivity contribution in [3.8, 4) is 11.3 Å². The summed E-state index contributed by atoms with van der Waals surface area (Å²) in [5.74, 6) is -1.14. The van der Waals surface area contributed by atoms with Crippen molar-refractivity contribution in [3.63, 3.8) is 0 Å². The summed E-state index contributed by atoms with van der Waals surface area (Å²) < 4.78 is 13.9. The average molecular weight is 511 g/mol. The Morgan fingerprint density at radius 1 is 1.11 bits per heavy atom. The smallest absolute Gasteiger partial charge is 0.230 e. The van der Waals surface area contributed by atoms with Crippen molar-refractivity contribution in [2.45, 2.75) is 29.6 Å². The van der Waals surface area contributed by atoms with Gasteiger partial charge in [0.05, 0.1) is 11.7 Å². The minimum atomic E-state index is -0.543. The highest BCUT2D eigenvalue weighted by Crippen LogP contribution is 2.38. The Morgan fingerprint density at radius 2 is 1.86 bits per heavy atom. The van der Waals surface area contributed by atoms with E-state index in [9.17, 15) is 18.8 Å². The standard InChI is InChI=1S/C25H23FN4O3S2/c26-17-6-10-19(11-7-17)30-13-16(12-21(30)32)23(33)29-24-22(15-4-2-1-3-5-15)28-25(35-24)34-14-20(31)27-18-8-9-18/h1-7,10-11,16,18H,8-9,12-14H2,(H,27,31)(H,29,33). The molecule has 1 aromatic heterocycles. The average Bonchev–Trinajstić information content (AvgIpc) is 3.44. The van der Waals surface area contributed by atoms with Crippen LogP contribution in [0.15, 0.2) is 58.9 Å². The van der Waals surface area contributed by atoms with Gasteiger partial charge in [0.1, 0.15) is 16.5 Å². The monoisotopic (exact) mass is 510 g/mol. The van der Waals surface area contributed by atoms with Crippen LogP contribution in [0.1, 0.15) is 19.3 Å². The number of aromatic nitrogens is 1. The first kappa shape index (κ1) is 23.5. The number of amides is 3. The molecule has 1 saturated carbocycles. The van der Waals surface area contributed by atoms with Crippen LogP contribution in [-0.4, -0.2) is 41.0 Å². The van der Waals surface area contributed by atoms with Crippen LogP contribution in [0.2, 0.25) is 0 Å². The third-order valence-electron chi connectivity index (χ3n) is 5.79. The first-order chi connectivity index (χ1) is 17.0. The van der Waals surface area contributed by atoms with Gasteiger partial charge in [-0.05, 0) is 37.1 Å². The lowest BCUT2D eigenvalue weighted by atomic mass is 10.1. The van der Waals surface area contributed by atoms with Gasteiger partial charge in [-0.3, -0.25) is 14.4 Å². The molecule has 2 fully saturated rings. The van der Waals surface area contributed by atoms with Gasteiger partial charge in [0.2, 0.25) is 17.7 Å². The van der Waals surface area contributed by atoms with Crippen LogP contribution in [0, 0.1) is 11.7 Å². The van der Waals surface area contributed by atoms with Crippen molar-refractivity contribution in [3.05, 3.63) is 60.4 Å². The van der Waals surface area contributed by atoms with Crippen LogP contribution >= 0.6 is 23.1 Å². The van der Waals surface area contributed by atoms with Gasteiger partial charge in [-0.1, -0.05) is 53.4 Å². The van der Waals surface area contributed by atoms with Gasteiger partial charge >= 0.3 is 0 Å². The Bertz CT molecular complexity index is 1250. The normalized spacial score (nSPS) is 17.5. The number of hydrogen-bond acceptors (Lipinski definition) is 6. The van der Waals surface area contributed by atoms with E-state index in [1.807, 2.05) is 30.3 Å². The number of carbonyl (C=O) groups is 3. The van der Waals surface area contributed by atoms with E-state index >= 15 is 0 Å². The Hall–Kier alpha value is -3.24. The second-order valence-electron chi connectivity index (χ2n) is 8.53. The van der Waals surface area contributed by atoms with Crippen LogP contribution in [0.3, 0.4) is 0 Å². The fraction of sp³-hybridized carbons (Fsp3) is 0.280. The quantitative estimate of drug-likeness (QED) is 0.441. The Kier molecular flexibility index (Phi) is 6.83. The molecule has 0 radical (unpaired) electrons. The molecule has 1 unspecified atom stereocenters. The van der Waals surface area contributed by atoms with E-state index in [1.165, 1.54) is 52.3 Å². The van der Waals surface area contributed by atoms with Gasteiger partial charge < -0.3 is 15.5 Å². The maximum atomic E-state index is 13.3. The molecule has 1 aliphatic carbocycles. The van der Waals surface area contributed by atoms with Crippen LogP contribution in [0.4, 0.5) is 15.1 Å². The van der Waals surface area contributed by atoms with Crippen LogP contribution in [0.25, 0.3) is 11.3 Å². The molecule has 1 aliphatic heterocycles. The van der Waals surface area contributed by atoms with Crippen molar-refractivity contribution in [2.24, 2.45) is 5.92 Å². The maximum absolute atomic E-state index is 13.3. The lowest BCUT2D eigenvalue weighted by Gasteiger charge is -2.16. The molecular formula is C25H23FN4O3S2. The predicted molar refractivity (Wildman–Crippen MR) is 135 cm³/mol. The highest BCUT2D eigenvalue weighted by molar-refractivity contribution is 8.01. The molecule has 0 spiro atoms. The predicted octanol–water partition coefficient (Wildman–Crippen LogP) is 4.31. The zero-order valence-electron chi connectivity index (χ0n) is 18.7. The molecule has 35 heavy (non-hydrogen) atoms. The molecule has 0 bridgehead atoms. The Morgan fingerprint density at radius 3 is 2.57 bits per heavy atom. The summed E-state index contributed by atoms with van der Waals surface area (Å²) in [5.41, 5.74) is 2.05. The summed E-state index contributed by atoms with van der Waals surface area (Å²) in [7, 11) is 0. The minimum absolute atomic E-state index is 0.0232. The van der Waals surface area contributed by atoms with E-state index in [1.54, 1.807) is 0 Å². The second-order valence-corrected chi connectivity index (χ2v) is 10.7. The molecule has 2 N–H and O–H groups in total. The number of anilines is 2. The lowest BCUT2D eigenvalue weighted by molar-refractivity contribution is -0.122. The van der Waals surface area contributed by atoms with Crippen LogP contribution in [0.5, 0.6) is 0 Å². The summed E-state index contributed by atoms with van der Waals surface area (Å²) >= 11 is 2.65. The molecule has 180 valence electrons. The molecule has 3 amide bonds. The second kappa shape index (κ2) is 10.2. The molecule has 2 heterocycles. The number of hydrogen-bond donors (Lipinski definition) is 2. The molecule has 1 saturated heterocycles. The lowest BCUT2D eigenvalue weighted by Crippen LogP contribution is -2.28. The van der Waals surface area contributed by atoms with Crippen molar-refractivity contribution >= 4 is 51.5 Å². The largest absolute Gasteiger partial charge is 0.353 e. The zero-order chi connectivity index (χ0) is 24.4. The summed E-state index contributed by atoms with van der Waals surface area (Å²) in [6.07, 6.45) is 2.14. The molecule has 2 aliphatic rings. The number of halogens is 1. The van der Waals surface area contributed by atoms with E-state index < -0.39 is 5.92 Å². The SMILES string of the molecule is O=C(CSc1nc(-c2ccccc2)c(NC(=O)C2CC(=O)N(c3ccc(F)cc3)C2)s1)NC1CC1. The number of thiazole rings is 1. The van der Waals surface area contributed by atoms with E-state index in [0.29, 0.717) is 26.8 Å². The van der Waals surface area contributed by atoms with E-state index in [4.69, 9.17) is 0 Å². The number of rotatable bonds is 8. The molecular weight excluding hydrogens is 487 g/mol. The van der Waals surface area contributed by atoms with Crippen LogP contribution in [-0.2, 0) is 14.4 Å². The molecule has 10 heteroatoms. The van der Waals surface area contributed by atoms with Gasteiger partial charge in [-0.2, -0.15) is 0 Å². The maximum Gasteiger partial charge on any atom is 0.230 e. The number of nitrogens with one attached hydrogen (secondary N) is 2. The fourth-order valence-electron chi connectivity index (χ4n) is 3.83. The van der Waals surface area contributed by atoms with Crippen molar-refractivity contribution in [1.82, 2.24) is 10.3 Å². The van der Waals surface area contributed by atoms with E-state index in [2.05, 4.69) is 15.6 Å². The summed E-state index contributed by atoms with van der Waals surface area (Å²) in [4.78, 5) is 44.0. The van der Waals surface area contributed by atoms with Crippen molar-refractivity contribution < 1.29 is 18.8 Å². The molecule has 1 atom stereocenters. The van der Waals surface area contributed by atoms with Gasteiger partial charge in [-0.15, -0.1) is 0 Å². The van der Waals surface area contributed by atoms with Gasteiger partial charge in [-0.25, -0.2) is 9.37 Å². The summed E-state index contributed by atoms with van der Waals surface area (Å²) in [6, 6.07) is 15.5. The first-order valence-electron chi connectivity index (χ1n) is 11.3. The highest BCUT2D eigenvalue weighted by Gasteiger charge is 2.36. The van der Waals surface area contributed by atoms with Gasteiger partial charge in [0.15, 0.2) is 4.34 Å². The summed E-state index contributed by atoms with van der Waals surface area (Å²) in [5, 5.41) is 6.51. The number of carbonyl (C=O) groups excluding carboxylic acids is 3. The molecule has 5 rings (SSSR count). The number of thioether (sulfide) groups is 1. The first-order valence-corrected chi connectivity index (χ1v) is 13.1. The van der Waals surface area contributed by atoms with E-state index in [-0.39, 0.29) is 42.3 Å². The minimum Gasteiger partial charge on any atom is -0.353 e. The highest BCUT2D eigenvalue weighted by atomic mass is 32.2. The van der Waals surface area contributed by atoms with Gasteiger partial charge in [0, 0.05) is 30.3 Å². The Balaban J connectivity index is 1.30. The van der Waals surface area contributed by atoms with Crippen molar-refractivity contribution in [1.29, 1.82) is 0 Å². The molecule has 7 nitrogen and oxygen atoms in total. The molecule has 3 aromatic rings. The third kappa shape index (κ3) is 5.71. The fourth-order valence-corrected chi connectivity index (χ4v) is 5.71. The zero-order valence-corrected chi connectivity index (χ0v) is 20.3. The van der Waals surface area contributed by atoms with E-state index in [0.717, 1.165) is 18.4 Å². The van der Waals surface area contributed by atoms with Crippen molar-refractivity contribution in [2.75, 3.05) is 22.5 Å². The third-order valence-corrected chi connectivity index (χ3v) is 7.91. The van der Waals surface area contributed by atoms with Crippen LogP contribution < -0.4 is 15.5 Å². The topological polar surface area (TPSA) is 91.4 Å².